The predicted octanol–water partition coefficient (Wildman–Crippen LogP) is 3.46. The van der Waals surface area contributed by atoms with Crippen LogP contribution in [-0.2, 0) is 4.74 Å². The van der Waals surface area contributed by atoms with Crippen molar-refractivity contribution in [1.82, 2.24) is 0 Å². The van der Waals surface area contributed by atoms with E-state index in [0.717, 1.165) is 6.42 Å². The third-order valence-corrected chi connectivity index (χ3v) is 4.04. The van der Waals surface area contributed by atoms with Crippen LogP contribution in [0.15, 0.2) is 18.2 Å². The standard InChI is InChI=1S/C16H23FO3/c1-15(2)9-11(16(3,4)20-15)14(18)10-6-7-13(19-5)12(17)8-10/h6-8,11,14,18H,9H2,1-5H3. The van der Waals surface area contributed by atoms with Crippen LogP contribution >= 0.6 is 0 Å². The van der Waals surface area contributed by atoms with E-state index in [1.54, 1.807) is 12.1 Å². The highest BCUT2D eigenvalue weighted by Gasteiger charge is 2.49. The normalized spacial score (nSPS) is 25.4. The Morgan fingerprint density at radius 2 is 2.00 bits per heavy atom. The molecule has 0 aromatic heterocycles. The molecule has 3 nitrogen and oxygen atoms in total. The summed E-state index contributed by atoms with van der Waals surface area (Å²) in [4.78, 5) is 0. The molecule has 0 bridgehead atoms. The maximum Gasteiger partial charge on any atom is 0.165 e. The summed E-state index contributed by atoms with van der Waals surface area (Å²) < 4.78 is 24.7. The summed E-state index contributed by atoms with van der Waals surface area (Å²) in [6.45, 7) is 7.96. The van der Waals surface area contributed by atoms with E-state index < -0.39 is 17.5 Å². The van der Waals surface area contributed by atoms with E-state index in [9.17, 15) is 9.50 Å². The molecule has 0 aliphatic carbocycles. The number of aliphatic hydroxyl groups is 1. The number of hydrogen-bond donors (Lipinski definition) is 1. The lowest BCUT2D eigenvalue weighted by Gasteiger charge is -2.30. The van der Waals surface area contributed by atoms with Gasteiger partial charge in [0, 0.05) is 5.92 Å². The lowest BCUT2D eigenvalue weighted by molar-refractivity contribution is -0.0880. The Hall–Kier alpha value is -1.13. The van der Waals surface area contributed by atoms with E-state index in [1.807, 2.05) is 27.7 Å². The Kier molecular flexibility index (Phi) is 3.82. The highest BCUT2D eigenvalue weighted by Crippen LogP contribution is 2.47. The van der Waals surface area contributed by atoms with Gasteiger partial charge in [0.2, 0.25) is 0 Å². The number of ether oxygens (including phenoxy) is 2. The van der Waals surface area contributed by atoms with Crippen molar-refractivity contribution in [2.45, 2.75) is 51.4 Å². The Morgan fingerprint density at radius 1 is 1.35 bits per heavy atom. The minimum Gasteiger partial charge on any atom is -0.494 e. The summed E-state index contributed by atoms with van der Waals surface area (Å²) in [6.07, 6.45) is -0.0263. The van der Waals surface area contributed by atoms with E-state index in [1.165, 1.54) is 13.2 Å². The van der Waals surface area contributed by atoms with Crippen LogP contribution in [0.4, 0.5) is 4.39 Å². The Morgan fingerprint density at radius 3 is 2.45 bits per heavy atom. The molecule has 1 aliphatic heterocycles. The highest BCUT2D eigenvalue weighted by molar-refractivity contribution is 5.31. The maximum atomic E-state index is 13.8. The third kappa shape index (κ3) is 2.81. The first-order valence-electron chi connectivity index (χ1n) is 6.88. The minimum atomic E-state index is -0.757. The molecule has 2 atom stereocenters. The van der Waals surface area contributed by atoms with Gasteiger partial charge in [-0.15, -0.1) is 0 Å². The maximum absolute atomic E-state index is 13.8. The van der Waals surface area contributed by atoms with Gasteiger partial charge in [-0.05, 0) is 51.8 Å². The van der Waals surface area contributed by atoms with Crippen molar-refractivity contribution in [1.29, 1.82) is 0 Å². The molecule has 112 valence electrons. The van der Waals surface area contributed by atoms with Gasteiger partial charge in [0.05, 0.1) is 24.4 Å². The van der Waals surface area contributed by atoms with Crippen LogP contribution in [0.5, 0.6) is 5.75 Å². The van der Waals surface area contributed by atoms with Gasteiger partial charge in [-0.25, -0.2) is 4.39 Å². The number of halogens is 1. The molecule has 1 heterocycles. The summed E-state index contributed by atoms with van der Waals surface area (Å²) in [7, 11) is 1.42. The molecular weight excluding hydrogens is 259 g/mol. The summed E-state index contributed by atoms with van der Waals surface area (Å²) in [6, 6.07) is 4.58. The molecule has 0 amide bonds. The fourth-order valence-electron chi connectivity index (χ4n) is 3.20. The first-order valence-corrected chi connectivity index (χ1v) is 6.88. The Bertz CT molecular complexity index is 496. The topological polar surface area (TPSA) is 38.7 Å². The highest BCUT2D eigenvalue weighted by atomic mass is 19.1. The molecule has 1 fully saturated rings. The molecule has 20 heavy (non-hydrogen) atoms. The molecule has 0 saturated carbocycles. The van der Waals surface area contributed by atoms with Crippen molar-refractivity contribution in [2.24, 2.45) is 5.92 Å². The third-order valence-electron chi connectivity index (χ3n) is 4.04. The monoisotopic (exact) mass is 282 g/mol. The predicted molar refractivity (Wildman–Crippen MR) is 75.3 cm³/mol. The summed E-state index contributed by atoms with van der Waals surface area (Å²) in [5, 5.41) is 10.6. The SMILES string of the molecule is COc1ccc(C(O)C2CC(C)(C)OC2(C)C)cc1F. The van der Waals surface area contributed by atoms with Crippen molar-refractivity contribution >= 4 is 0 Å². The van der Waals surface area contributed by atoms with E-state index in [4.69, 9.17) is 9.47 Å². The molecule has 1 saturated heterocycles. The fourth-order valence-corrected chi connectivity index (χ4v) is 3.20. The molecule has 1 aromatic carbocycles. The van der Waals surface area contributed by atoms with Gasteiger partial charge in [0.15, 0.2) is 11.6 Å². The number of aliphatic hydroxyl groups excluding tert-OH is 1. The van der Waals surface area contributed by atoms with E-state index in [-0.39, 0.29) is 17.3 Å². The smallest absolute Gasteiger partial charge is 0.165 e. The quantitative estimate of drug-likeness (QED) is 0.922. The van der Waals surface area contributed by atoms with Crippen LogP contribution in [-0.4, -0.2) is 23.4 Å². The van der Waals surface area contributed by atoms with Gasteiger partial charge in [-0.3, -0.25) is 0 Å². The van der Waals surface area contributed by atoms with Crippen LogP contribution < -0.4 is 4.74 Å². The average Bonchev–Trinajstić information content (AvgIpc) is 2.56. The second-order valence-corrected chi connectivity index (χ2v) is 6.61. The van der Waals surface area contributed by atoms with Crippen LogP contribution in [0.2, 0.25) is 0 Å². The Balaban J connectivity index is 2.27. The molecule has 0 spiro atoms. The summed E-state index contributed by atoms with van der Waals surface area (Å²) in [5.41, 5.74) is -0.165. The number of rotatable bonds is 3. The second kappa shape index (κ2) is 5.01. The lowest BCUT2D eigenvalue weighted by atomic mass is 9.80. The van der Waals surface area contributed by atoms with Gasteiger partial charge < -0.3 is 14.6 Å². The zero-order valence-electron chi connectivity index (χ0n) is 12.7. The molecule has 1 aromatic rings. The molecule has 0 radical (unpaired) electrons. The fraction of sp³-hybridized carbons (Fsp3) is 0.625. The molecule has 1 N–H and O–H groups in total. The molecule has 1 aliphatic rings. The second-order valence-electron chi connectivity index (χ2n) is 6.61. The van der Waals surface area contributed by atoms with Gasteiger partial charge >= 0.3 is 0 Å². The summed E-state index contributed by atoms with van der Waals surface area (Å²) in [5.74, 6) is -0.353. The van der Waals surface area contributed by atoms with Gasteiger partial charge in [-0.2, -0.15) is 0 Å². The number of methoxy groups -OCH3 is 1. The molecule has 2 rings (SSSR count). The van der Waals surface area contributed by atoms with Crippen molar-refractivity contribution in [2.75, 3.05) is 7.11 Å². The largest absolute Gasteiger partial charge is 0.494 e. The van der Waals surface area contributed by atoms with Crippen molar-refractivity contribution in [3.8, 4) is 5.75 Å². The van der Waals surface area contributed by atoms with Gasteiger partial charge in [0.1, 0.15) is 0 Å². The summed E-state index contributed by atoms with van der Waals surface area (Å²) >= 11 is 0. The van der Waals surface area contributed by atoms with Gasteiger partial charge in [0.25, 0.3) is 0 Å². The Labute approximate surface area is 119 Å². The zero-order valence-corrected chi connectivity index (χ0v) is 12.7. The zero-order chi connectivity index (χ0) is 15.1. The molecular formula is C16H23FO3. The van der Waals surface area contributed by atoms with E-state index in [2.05, 4.69) is 0 Å². The minimum absolute atomic E-state index is 0.0784. The molecule has 2 unspecified atom stereocenters. The van der Waals surface area contributed by atoms with Crippen LogP contribution in [0, 0.1) is 11.7 Å². The van der Waals surface area contributed by atoms with E-state index >= 15 is 0 Å². The van der Waals surface area contributed by atoms with Crippen LogP contribution in [0.3, 0.4) is 0 Å². The number of benzene rings is 1. The van der Waals surface area contributed by atoms with Crippen molar-refractivity contribution in [3.63, 3.8) is 0 Å². The van der Waals surface area contributed by atoms with Crippen molar-refractivity contribution in [3.05, 3.63) is 29.6 Å². The van der Waals surface area contributed by atoms with Gasteiger partial charge in [-0.1, -0.05) is 6.07 Å². The van der Waals surface area contributed by atoms with Crippen LogP contribution in [0.1, 0.15) is 45.8 Å². The van der Waals surface area contributed by atoms with E-state index in [0.29, 0.717) is 5.56 Å². The molecule has 4 heteroatoms. The average molecular weight is 282 g/mol. The lowest BCUT2D eigenvalue weighted by Crippen LogP contribution is -2.32. The first-order chi connectivity index (χ1) is 9.16. The van der Waals surface area contributed by atoms with Crippen LogP contribution in [0.25, 0.3) is 0 Å². The number of hydrogen-bond acceptors (Lipinski definition) is 3. The first kappa shape index (κ1) is 15.3. The van der Waals surface area contributed by atoms with Crippen molar-refractivity contribution < 1.29 is 19.0 Å².